The van der Waals surface area contributed by atoms with Crippen LogP contribution in [0.3, 0.4) is 0 Å². The van der Waals surface area contributed by atoms with Crippen LogP contribution in [0.25, 0.3) is 0 Å². The molecule has 1 aromatic carbocycles. The summed E-state index contributed by atoms with van der Waals surface area (Å²) in [6.07, 6.45) is 5.68. The Labute approximate surface area is 218 Å². The lowest BCUT2D eigenvalue weighted by Gasteiger charge is -2.20. The van der Waals surface area contributed by atoms with Crippen LogP contribution in [0.1, 0.15) is 57.1 Å². The Bertz CT molecular complexity index is 1320. The molecule has 1 aliphatic carbocycles. The number of amides is 2. The molecule has 194 valence electrons. The number of carbonyl (C=O) groups excluding carboxylic acids is 2. The molecule has 0 unspecified atom stereocenters. The van der Waals surface area contributed by atoms with Crippen LogP contribution in [0.4, 0.5) is 0 Å². The topological polar surface area (TPSA) is 125 Å². The van der Waals surface area contributed by atoms with Crippen LogP contribution in [0.15, 0.2) is 28.9 Å². The van der Waals surface area contributed by atoms with E-state index in [1.54, 1.807) is 27.8 Å². The molecule has 1 saturated heterocycles. The number of likely N-dealkylation sites (tertiary alicyclic amines) is 1. The molecule has 6 rings (SSSR count). The average molecular weight is 527 g/mol. The maximum absolute atomic E-state index is 13.4. The van der Waals surface area contributed by atoms with E-state index >= 15 is 0 Å². The molecule has 2 atom stereocenters. The zero-order valence-corrected chi connectivity index (χ0v) is 20.9. The van der Waals surface area contributed by atoms with E-state index in [0.29, 0.717) is 53.8 Å². The second-order valence-corrected chi connectivity index (χ2v) is 10.0. The molecule has 4 heterocycles. The van der Waals surface area contributed by atoms with Crippen molar-refractivity contribution < 1.29 is 23.6 Å². The normalized spacial score (nSPS) is 22.1. The summed E-state index contributed by atoms with van der Waals surface area (Å²) in [7, 11) is 0. The van der Waals surface area contributed by atoms with Gasteiger partial charge in [0.2, 0.25) is 0 Å². The minimum atomic E-state index is -0.447. The fourth-order valence-corrected chi connectivity index (χ4v) is 5.24. The fourth-order valence-electron chi connectivity index (χ4n) is 5.07. The summed E-state index contributed by atoms with van der Waals surface area (Å²) in [5, 5.41) is 15.9. The number of rotatable bonds is 1. The highest BCUT2D eigenvalue weighted by atomic mass is 35.5. The predicted molar refractivity (Wildman–Crippen MR) is 130 cm³/mol. The van der Waals surface area contributed by atoms with E-state index in [9.17, 15) is 9.59 Å². The third kappa shape index (κ3) is 4.93. The summed E-state index contributed by atoms with van der Waals surface area (Å²) in [6.45, 7) is 1.81. The Morgan fingerprint density at radius 2 is 2.05 bits per heavy atom. The highest BCUT2D eigenvalue weighted by Crippen LogP contribution is 2.28. The van der Waals surface area contributed by atoms with Crippen molar-refractivity contribution in [2.24, 2.45) is 0 Å². The number of ether oxygens (including phenoxy) is 2. The first-order valence-electron chi connectivity index (χ1n) is 12.6. The van der Waals surface area contributed by atoms with Gasteiger partial charge in [-0.2, -0.15) is 0 Å². The molecule has 2 amide bonds. The second kappa shape index (κ2) is 10.1. The molecule has 37 heavy (non-hydrogen) atoms. The first-order valence-corrected chi connectivity index (χ1v) is 12.9. The van der Waals surface area contributed by atoms with Crippen molar-refractivity contribution in [3.63, 3.8) is 0 Å². The van der Waals surface area contributed by atoms with E-state index in [0.717, 1.165) is 37.0 Å². The van der Waals surface area contributed by atoms with Crippen molar-refractivity contribution in [3.8, 4) is 5.75 Å². The minimum Gasteiger partial charge on any atom is -0.492 e. The van der Waals surface area contributed by atoms with Crippen molar-refractivity contribution in [3.05, 3.63) is 57.7 Å². The van der Waals surface area contributed by atoms with Crippen LogP contribution in [-0.2, 0) is 30.7 Å². The van der Waals surface area contributed by atoms with Gasteiger partial charge >= 0.3 is 0 Å². The molecule has 3 aliphatic rings. The molecule has 2 aromatic heterocycles. The SMILES string of the molecule is O=C1N[C@H]2CN(C(=O)c3noc4c3CCCC4)C[C@@H]2OCc2cn(nn2)CCCOc2cc1ccc2Cl. The van der Waals surface area contributed by atoms with Gasteiger partial charge in [-0.05, 0) is 37.5 Å². The lowest BCUT2D eigenvalue weighted by Crippen LogP contribution is -2.44. The Morgan fingerprint density at radius 1 is 1.16 bits per heavy atom. The van der Waals surface area contributed by atoms with Crippen molar-refractivity contribution in [1.29, 1.82) is 0 Å². The van der Waals surface area contributed by atoms with Crippen molar-refractivity contribution in [2.45, 2.75) is 57.4 Å². The molecule has 1 fully saturated rings. The van der Waals surface area contributed by atoms with E-state index < -0.39 is 12.1 Å². The number of aromatic nitrogens is 4. The van der Waals surface area contributed by atoms with Gasteiger partial charge in [-0.25, -0.2) is 0 Å². The summed E-state index contributed by atoms with van der Waals surface area (Å²) in [4.78, 5) is 28.3. The first kappa shape index (κ1) is 23.9. The second-order valence-electron chi connectivity index (χ2n) is 9.60. The van der Waals surface area contributed by atoms with Crippen LogP contribution in [-0.4, -0.2) is 68.7 Å². The number of carbonyl (C=O) groups is 2. The van der Waals surface area contributed by atoms with Gasteiger partial charge in [0.15, 0.2) is 5.69 Å². The van der Waals surface area contributed by atoms with Gasteiger partial charge in [-0.3, -0.25) is 14.3 Å². The summed E-state index contributed by atoms with van der Waals surface area (Å²) in [6, 6.07) is 4.48. The van der Waals surface area contributed by atoms with E-state index in [2.05, 4.69) is 20.8 Å². The first-order chi connectivity index (χ1) is 18.0. The number of hydrogen-bond acceptors (Lipinski definition) is 8. The molecular formula is C25H27ClN6O5. The Balaban J connectivity index is 1.26. The van der Waals surface area contributed by atoms with E-state index in [-0.39, 0.29) is 25.0 Å². The average Bonchev–Trinajstić information content (AvgIpc) is 3.64. The third-order valence-electron chi connectivity index (χ3n) is 7.04. The van der Waals surface area contributed by atoms with Gasteiger partial charge in [-0.1, -0.05) is 22.0 Å². The number of nitrogens with zero attached hydrogens (tertiary/aromatic N) is 5. The molecule has 12 heteroatoms. The quantitative estimate of drug-likeness (QED) is 0.512. The summed E-state index contributed by atoms with van der Waals surface area (Å²) >= 11 is 6.29. The molecule has 1 N–H and O–H groups in total. The molecule has 4 bridgehead atoms. The molecule has 0 saturated carbocycles. The van der Waals surface area contributed by atoms with E-state index in [4.69, 9.17) is 25.6 Å². The van der Waals surface area contributed by atoms with Gasteiger partial charge < -0.3 is 24.2 Å². The Kier molecular flexibility index (Phi) is 6.56. The summed E-state index contributed by atoms with van der Waals surface area (Å²) < 4.78 is 19.2. The van der Waals surface area contributed by atoms with Gasteiger partial charge in [0, 0.05) is 43.6 Å². The summed E-state index contributed by atoms with van der Waals surface area (Å²) in [5.41, 5.74) is 2.34. The largest absolute Gasteiger partial charge is 0.492 e. The lowest BCUT2D eigenvalue weighted by atomic mass is 9.96. The van der Waals surface area contributed by atoms with Gasteiger partial charge in [0.05, 0.1) is 36.6 Å². The van der Waals surface area contributed by atoms with Crippen LogP contribution in [0.5, 0.6) is 5.75 Å². The van der Waals surface area contributed by atoms with Crippen LogP contribution >= 0.6 is 11.6 Å². The molecule has 3 aromatic rings. The molecule has 0 spiro atoms. The number of halogens is 1. The smallest absolute Gasteiger partial charge is 0.276 e. The molecule has 0 radical (unpaired) electrons. The van der Waals surface area contributed by atoms with Gasteiger partial charge in [0.25, 0.3) is 11.8 Å². The molecule has 2 aliphatic heterocycles. The monoisotopic (exact) mass is 526 g/mol. The van der Waals surface area contributed by atoms with Crippen LogP contribution < -0.4 is 10.1 Å². The fraction of sp³-hybridized carbons (Fsp3) is 0.480. The Morgan fingerprint density at radius 3 is 2.97 bits per heavy atom. The standard InChI is InChI=1S/C25H27ClN6O5/c26-18-7-6-15-10-21(18)35-9-3-8-32-11-16(28-30-32)14-36-22-13-31(12-19(22)27-24(15)33)25(34)23-17-4-1-2-5-20(17)37-29-23/h6-7,10-11,19,22H,1-5,8-9,12-14H2,(H,27,33)/t19-,22-/m0/s1. The Hall–Kier alpha value is -3.44. The highest BCUT2D eigenvalue weighted by Gasteiger charge is 2.39. The predicted octanol–water partition coefficient (Wildman–Crippen LogP) is 2.42. The zero-order chi connectivity index (χ0) is 25.4. The highest BCUT2D eigenvalue weighted by molar-refractivity contribution is 6.32. The van der Waals surface area contributed by atoms with E-state index in [1.165, 1.54) is 0 Å². The third-order valence-corrected chi connectivity index (χ3v) is 7.35. The van der Waals surface area contributed by atoms with Gasteiger partial charge in [0.1, 0.15) is 17.2 Å². The number of hydrogen-bond donors (Lipinski definition) is 1. The zero-order valence-electron chi connectivity index (χ0n) is 20.2. The number of benzene rings is 1. The summed E-state index contributed by atoms with van der Waals surface area (Å²) in [5.74, 6) is 0.725. The number of nitrogens with one attached hydrogen (secondary N) is 1. The number of fused-ring (bicyclic) bond motifs is 6. The van der Waals surface area contributed by atoms with Crippen LogP contribution in [0, 0.1) is 0 Å². The van der Waals surface area contributed by atoms with Crippen molar-refractivity contribution in [2.75, 3.05) is 19.7 Å². The van der Waals surface area contributed by atoms with E-state index in [1.807, 2.05) is 6.20 Å². The minimum absolute atomic E-state index is 0.208. The number of aryl methyl sites for hydroxylation is 2. The maximum atomic E-state index is 13.4. The maximum Gasteiger partial charge on any atom is 0.276 e. The van der Waals surface area contributed by atoms with Crippen LogP contribution in [0.2, 0.25) is 5.02 Å². The van der Waals surface area contributed by atoms with Crippen molar-refractivity contribution in [1.82, 2.24) is 30.4 Å². The molecular weight excluding hydrogens is 500 g/mol. The van der Waals surface area contributed by atoms with Crippen molar-refractivity contribution >= 4 is 23.4 Å². The van der Waals surface area contributed by atoms with Gasteiger partial charge in [-0.15, -0.1) is 5.10 Å². The molecule has 11 nitrogen and oxygen atoms in total. The lowest BCUT2D eigenvalue weighted by molar-refractivity contribution is 0.0290.